The van der Waals surface area contributed by atoms with Gasteiger partial charge in [0.2, 0.25) is 5.91 Å². The number of halogens is 2. The number of fused-ring (bicyclic) bond motifs is 1. The highest BCUT2D eigenvalue weighted by atomic mass is 32.1. The van der Waals surface area contributed by atoms with Crippen LogP contribution in [0.25, 0.3) is 21.3 Å². The number of hydrogen-bond donors (Lipinski definition) is 2. The van der Waals surface area contributed by atoms with Crippen LogP contribution in [-0.4, -0.2) is 36.4 Å². The maximum absolute atomic E-state index is 13.6. The van der Waals surface area contributed by atoms with Crippen LogP contribution in [0.4, 0.5) is 14.5 Å². The van der Waals surface area contributed by atoms with Crippen molar-refractivity contribution in [3.63, 3.8) is 0 Å². The molecule has 0 spiro atoms. The van der Waals surface area contributed by atoms with Gasteiger partial charge in [0.15, 0.2) is 0 Å². The number of aromatic nitrogens is 5. The fourth-order valence-corrected chi connectivity index (χ4v) is 4.65. The summed E-state index contributed by atoms with van der Waals surface area (Å²) in [6.07, 6.45) is 0.591. The van der Waals surface area contributed by atoms with Gasteiger partial charge in [-0.25, -0.2) is 13.8 Å². The topological polar surface area (TPSA) is 121 Å². The molecule has 0 aliphatic rings. The number of hydrogen-bond acceptors (Lipinski definition) is 6. The number of aryl methyl sites for hydroxylation is 4. The second-order valence-electron chi connectivity index (χ2n) is 7.54. The van der Waals surface area contributed by atoms with Crippen molar-refractivity contribution < 1.29 is 18.4 Å². The Bertz CT molecular complexity index is 1370. The lowest BCUT2D eigenvalue weighted by Crippen LogP contribution is -2.18. The van der Waals surface area contributed by atoms with Crippen molar-refractivity contribution in [2.45, 2.75) is 33.2 Å². The zero-order valence-corrected chi connectivity index (χ0v) is 18.9. The lowest BCUT2D eigenvalue weighted by atomic mass is 10.0. The number of nitrogens with zero attached hydrogens (tertiary/aromatic N) is 5. The van der Waals surface area contributed by atoms with E-state index in [-0.39, 0.29) is 27.7 Å². The first-order valence-electron chi connectivity index (χ1n) is 10.00. The first kappa shape index (κ1) is 22.5. The fraction of sp³-hybridized carbons (Fsp3) is 0.286. The van der Waals surface area contributed by atoms with Crippen LogP contribution in [-0.2, 0) is 18.4 Å². The number of rotatable bonds is 7. The molecule has 0 aliphatic carbocycles. The second-order valence-corrected chi connectivity index (χ2v) is 8.54. The summed E-state index contributed by atoms with van der Waals surface area (Å²) in [6.45, 7) is 3.95. The Morgan fingerprint density at radius 3 is 2.61 bits per heavy atom. The van der Waals surface area contributed by atoms with Gasteiger partial charge in [0.05, 0.1) is 11.4 Å². The minimum Gasteiger partial charge on any atom is -0.365 e. The highest BCUT2D eigenvalue weighted by Gasteiger charge is 2.26. The van der Waals surface area contributed by atoms with Gasteiger partial charge in [0.1, 0.15) is 15.4 Å². The highest BCUT2D eigenvalue weighted by Crippen LogP contribution is 2.43. The van der Waals surface area contributed by atoms with Crippen LogP contribution in [0, 0.1) is 13.8 Å². The molecule has 0 unspecified atom stereocenters. The summed E-state index contributed by atoms with van der Waals surface area (Å²) in [5, 5.41) is 11.6. The van der Waals surface area contributed by atoms with Crippen LogP contribution in [0.1, 0.15) is 39.6 Å². The molecule has 4 aromatic rings. The van der Waals surface area contributed by atoms with E-state index < -0.39 is 18.0 Å². The van der Waals surface area contributed by atoms with Gasteiger partial charge in [-0.05, 0) is 31.5 Å². The van der Waals surface area contributed by atoms with Crippen LogP contribution in [0.15, 0.2) is 24.5 Å². The second kappa shape index (κ2) is 8.70. The third kappa shape index (κ3) is 4.33. The Labute approximate surface area is 191 Å². The van der Waals surface area contributed by atoms with Crippen molar-refractivity contribution >= 4 is 39.1 Å². The normalized spacial score (nSPS) is 11.5. The van der Waals surface area contributed by atoms with Gasteiger partial charge in [-0.2, -0.15) is 10.2 Å². The van der Waals surface area contributed by atoms with Crippen molar-refractivity contribution in [1.82, 2.24) is 24.5 Å². The van der Waals surface area contributed by atoms with Crippen molar-refractivity contribution in [2.75, 3.05) is 5.32 Å². The predicted molar refractivity (Wildman–Crippen MR) is 120 cm³/mol. The Balaban J connectivity index is 1.83. The molecule has 0 bridgehead atoms. The Kier molecular flexibility index (Phi) is 5.93. The molecule has 0 fully saturated rings. The van der Waals surface area contributed by atoms with E-state index in [4.69, 9.17) is 5.73 Å². The number of anilines is 1. The van der Waals surface area contributed by atoms with E-state index in [1.807, 2.05) is 13.0 Å². The molecule has 9 nitrogen and oxygen atoms in total. The molecule has 2 amide bonds. The summed E-state index contributed by atoms with van der Waals surface area (Å²) in [5.74, 6) is -1.16. The molecule has 4 heterocycles. The molecule has 0 saturated carbocycles. The number of amides is 2. The van der Waals surface area contributed by atoms with E-state index in [1.54, 1.807) is 35.7 Å². The number of pyridine rings is 1. The van der Waals surface area contributed by atoms with Crippen LogP contribution in [0.2, 0.25) is 0 Å². The third-order valence-corrected chi connectivity index (χ3v) is 6.28. The minimum absolute atomic E-state index is 0.0373. The number of primary amides is 1. The van der Waals surface area contributed by atoms with Crippen LogP contribution >= 0.6 is 11.3 Å². The molecule has 0 aromatic carbocycles. The maximum Gasteiger partial charge on any atom is 0.280 e. The summed E-state index contributed by atoms with van der Waals surface area (Å²) in [4.78, 5) is 29.2. The first-order valence-corrected chi connectivity index (χ1v) is 10.8. The zero-order chi connectivity index (χ0) is 23.9. The smallest absolute Gasteiger partial charge is 0.280 e. The van der Waals surface area contributed by atoms with Gasteiger partial charge in [-0.3, -0.25) is 19.0 Å². The zero-order valence-electron chi connectivity index (χ0n) is 18.1. The average molecular weight is 474 g/mol. The first-order chi connectivity index (χ1) is 15.7. The van der Waals surface area contributed by atoms with E-state index in [9.17, 15) is 18.4 Å². The summed E-state index contributed by atoms with van der Waals surface area (Å²) in [6, 6.07) is 3.08. The van der Waals surface area contributed by atoms with E-state index >= 15 is 0 Å². The predicted octanol–water partition coefficient (Wildman–Crippen LogP) is 3.58. The molecular formula is C21H21F2N7O2S. The highest BCUT2D eigenvalue weighted by molar-refractivity contribution is 7.21. The van der Waals surface area contributed by atoms with Crippen LogP contribution in [0.5, 0.6) is 0 Å². The van der Waals surface area contributed by atoms with Gasteiger partial charge >= 0.3 is 0 Å². The number of nitrogens with one attached hydrogen (secondary N) is 1. The van der Waals surface area contributed by atoms with Crippen LogP contribution in [0.3, 0.4) is 0 Å². The average Bonchev–Trinajstić information content (AvgIpc) is 3.42. The van der Waals surface area contributed by atoms with Crippen molar-refractivity contribution in [3.05, 3.63) is 46.5 Å². The van der Waals surface area contributed by atoms with Crippen molar-refractivity contribution in [2.24, 2.45) is 12.8 Å². The molecule has 12 heteroatoms. The fourth-order valence-electron chi connectivity index (χ4n) is 3.64. The van der Waals surface area contributed by atoms with Crippen LogP contribution < -0.4 is 11.1 Å². The number of alkyl halides is 2. The molecule has 3 N–H and O–H groups in total. The SMILES string of the molecule is Cc1nn(C)cc1-c1cc(C(F)F)nc2sc(C(N)=O)c(NC(=O)CCn3nccc3C)c12. The quantitative estimate of drug-likeness (QED) is 0.425. The largest absolute Gasteiger partial charge is 0.365 e. The van der Waals surface area contributed by atoms with Gasteiger partial charge in [-0.1, -0.05) is 0 Å². The molecule has 33 heavy (non-hydrogen) atoms. The summed E-state index contributed by atoms with van der Waals surface area (Å²) in [7, 11) is 1.71. The van der Waals surface area contributed by atoms with Gasteiger partial charge in [0, 0.05) is 49.1 Å². The molecule has 4 rings (SSSR count). The molecule has 0 saturated heterocycles. The molecule has 0 radical (unpaired) electrons. The molecule has 4 aromatic heterocycles. The van der Waals surface area contributed by atoms with Crippen molar-refractivity contribution in [1.29, 1.82) is 0 Å². The van der Waals surface area contributed by atoms with E-state index in [0.717, 1.165) is 17.0 Å². The monoisotopic (exact) mass is 473 g/mol. The minimum atomic E-state index is -2.82. The van der Waals surface area contributed by atoms with Crippen molar-refractivity contribution in [3.8, 4) is 11.1 Å². The van der Waals surface area contributed by atoms with Gasteiger partial charge in [0.25, 0.3) is 12.3 Å². The number of nitrogens with two attached hydrogens (primary N) is 1. The summed E-state index contributed by atoms with van der Waals surface area (Å²) in [5.41, 5.74) is 7.76. The van der Waals surface area contributed by atoms with Gasteiger partial charge < -0.3 is 11.1 Å². The lowest BCUT2D eigenvalue weighted by molar-refractivity contribution is -0.116. The third-order valence-electron chi connectivity index (χ3n) is 5.18. The summed E-state index contributed by atoms with van der Waals surface area (Å²) >= 11 is 0.867. The standard InChI is InChI=1S/C21H21F2N7O2S/c1-10-4-6-25-30(10)7-5-15(31)27-17-16-12(13-9-29(3)28-11(13)2)8-14(19(22)23)26-21(16)33-18(17)20(24)32/h4,6,8-9,19H,5,7H2,1-3H3,(H2,24,32)(H,27,31). The van der Waals surface area contributed by atoms with Gasteiger partial charge in [-0.15, -0.1) is 11.3 Å². The Morgan fingerprint density at radius 1 is 1.27 bits per heavy atom. The Morgan fingerprint density at radius 2 is 2.03 bits per heavy atom. The molecule has 172 valence electrons. The molecular weight excluding hydrogens is 452 g/mol. The van der Waals surface area contributed by atoms with E-state index in [1.165, 1.54) is 6.07 Å². The van der Waals surface area contributed by atoms with E-state index in [2.05, 4.69) is 20.5 Å². The molecule has 0 aliphatic heterocycles. The number of thiophene rings is 1. The maximum atomic E-state index is 13.6. The Hall–Kier alpha value is -3.67. The van der Waals surface area contributed by atoms with E-state index in [0.29, 0.717) is 28.8 Å². The number of carbonyl (C=O) groups is 2. The molecule has 0 atom stereocenters. The lowest BCUT2D eigenvalue weighted by Gasteiger charge is -2.11. The summed E-state index contributed by atoms with van der Waals surface area (Å²) < 4.78 is 30.4. The number of carbonyl (C=O) groups excluding carboxylic acids is 2.